The minimum atomic E-state index is -3.24. The van der Waals surface area contributed by atoms with E-state index in [1.807, 2.05) is 18.2 Å². The van der Waals surface area contributed by atoms with Gasteiger partial charge in [-0.15, -0.1) is 0 Å². The van der Waals surface area contributed by atoms with E-state index in [-0.39, 0.29) is 23.3 Å². The van der Waals surface area contributed by atoms with Gasteiger partial charge in [0.05, 0.1) is 24.0 Å². The topological polar surface area (TPSA) is 72.5 Å². The highest BCUT2D eigenvalue weighted by Crippen LogP contribution is 2.29. The lowest BCUT2D eigenvalue weighted by molar-refractivity contribution is -0.119. The Hall–Kier alpha value is -2.18. The molecule has 0 saturated heterocycles. The second-order valence-electron chi connectivity index (χ2n) is 5.86. The number of rotatable bonds is 4. The lowest BCUT2D eigenvalue weighted by atomic mass is 9.95. The number of hydrogen-bond acceptors (Lipinski definition) is 4. The van der Waals surface area contributed by atoms with Crippen LogP contribution in [0.15, 0.2) is 53.4 Å². The van der Waals surface area contributed by atoms with Crippen molar-refractivity contribution in [2.45, 2.75) is 23.8 Å². The van der Waals surface area contributed by atoms with Gasteiger partial charge in [-0.05, 0) is 41.8 Å². The Bertz CT molecular complexity index is 844. The van der Waals surface area contributed by atoms with Crippen molar-refractivity contribution in [1.29, 1.82) is 0 Å². The van der Waals surface area contributed by atoms with E-state index in [1.54, 1.807) is 12.1 Å². The van der Waals surface area contributed by atoms with E-state index >= 15 is 0 Å². The summed E-state index contributed by atoms with van der Waals surface area (Å²) in [5, 5.41) is 2.78. The summed E-state index contributed by atoms with van der Waals surface area (Å²) in [5.41, 5.74) is 2.85. The number of fused-ring (bicyclic) bond motifs is 1. The highest BCUT2D eigenvalue weighted by Gasteiger charge is 2.23. The Morgan fingerprint density at radius 2 is 1.88 bits per heavy atom. The average molecular weight is 345 g/mol. The molecule has 2 aromatic rings. The fourth-order valence-corrected chi connectivity index (χ4v) is 3.44. The molecule has 1 atom stereocenters. The van der Waals surface area contributed by atoms with Gasteiger partial charge in [0, 0.05) is 11.9 Å². The SMILES string of the molecule is CS(=O)(=O)c1ccc(NC(=O)CC2OCCc3ccccc32)cc1. The Kier molecular flexibility index (Phi) is 4.69. The maximum absolute atomic E-state index is 12.3. The maximum atomic E-state index is 12.3. The van der Waals surface area contributed by atoms with Crippen LogP contribution in [0.3, 0.4) is 0 Å². The summed E-state index contributed by atoms with van der Waals surface area (Å²) in [6.07, 6.45) is 2.00. The van der Waals surface area contributed by atoms with Gasteiger partial charge in [0.2, 0.25) is 5.91 Å². The Morgan fingerprint density at radius 1 is 1.17 bits per heavy atom. The largest absolute Gasteiger partial charge is 0.373 e. The molecule has 0 saturated carbocycles. The zero-order valence-electron chi connectivity index (χ0n) is 13.4. The van der Waals surface area contributed by atoms with Gasteiger partial charge in [-0.25, -0.2) is 8.42 Å². The van der Waals surface area contributed by atoms with Crippen molar-refractivity contribution in [2.75, 3.05) is 18.2 Å². The molecule has 1 amide bonds. The van der Waals surface area contributed by atoms with E-state index in [1.165, 1.54) is 17.7 Å². The van der Waals surface area contributed by atoms with Gasteiger partial charge in [0.15, 0.2) is 9.84 Å². The number of anilines is 1. The predicted octanol–water partition coefficient (Wildman–Crippen LogP) is 2.73. The summed E-state index contributed by atoms with van der Waals surface area (Å²) in [6, 6.07) is 14.1. The smallest absolute Gasteiger partial charge is 0.227 e. The van der Waals surface area contributed by atoms with Gasteiger partial charge in [-0.1, -0.05) is 24.3 Å². The molecule has 5 nitrogen and oxygen atoms in total. The minimum absolute atomic E-state index is 0.163. The summed E-state index contributed by atoms with van der Waals surface area (Å²) < 4.78 is 28.6. The molecule has 0 spiro atoms. The molecule has 1 N–H and O–H groups in total. The molecule has 3 rings (SSSR count). The van der Waals surface area contributed by atoms with E-state index in [9.17, 15) is 13.2 Å². The van der Waals surface area contributed by atoms with E-state index in [4.69, 9.17) is 4.74 Å². The van der Waals surface area contributed by atoms with Gasteiger partial charge in [-0.2, -0.15) is 0 Å². The average Bonchev–Trinajstić information content (AvgIpc) is 2.55. The molecule has 0 fully saturated rings. The number of sulfone groups is 1. The van der Waals surface area contributed by atoms with Crippen LogP contribution in [-0.2, 0) is 25.8 Å². The van der Waals surface area contributed by atoms with E-state index in [0.717, 1.165) is 18.2 Å². The van der Waals surface area contributed by atoms with Crippen LogP contribution in [0.1, 0.15) is 23.7 Å². The first-order chi connectivity index (χ1) is 11.4. The van der Waals surface area contributed by atoms with Crippen molar-refractivity contribution in [3.8, 4) is 0 Å². The van der Waals surface area contributed by atoms with Crippen LogP contribution in [0.5, 0.6) is 0 Å². The van der Waals surface area contributed by atoms with Gasteiger partial charge in [0.25, 0.3) is 0 Å². The van der Waals surface area contributed by atoms with Crippen molar-refractivity contribution in [1.82, 2.24) is 0 Å². The number of ether oxygens (including phenoxy) is 1. The summed E-state index contributed by atoms with van der Waals surface area (Å²) >= 11 is 0. The molecule has 1 unspecified atom stereocenters. The fraction of sp³-hybridized carbons (Fsp3) is 0.278. The van der Waals surface area contributed by atoms with Crippen LogP contribution in [0.25, 0.3) is 0 Å². The third kappa shape index (κ3) is 3.83. The van der Waals surface area contributed by atoms with Crippen LogP contribution in [0.4, 0.5) is 5.69 Å². The molecule has 24 heavy (non-hydrogen) atoms. The van der Waals surface area contributed by atoms with Crippen LogP contribution < -0.4 is 5.32 Å². The number of benzene rings is 2. The van der Waals surface area contributed by atoms with Crippen molar-refractivity contribution >= 4 is 21.4 Å². The Balaban J connectivity index is 1.66. The van der Waals surface area contributed by atoms with Gasteiger partial charge >= 0.3 is 0 Å². The van der Waals surface area contributed by atoms with Gasteiger partial charge in [-0.3, -0.25) is 4.79 Å². The molecular weight excluding hydrogens is 326 g/mol. The standard InChI is InChI=1S/C18H19NO4S/c1-24(21,22)15-8-6-14(7-9-15)19-18(20)12-17-16-5-3-2-4-13(16)10-11-23-17/h2-9,17H,10-12H2,1H3,(H,19,20). The molecule has 126 valence electrons. The third-order valence-electron chi connectivity index (χ3n) is 4.03. The first-order valence-electron chi connectivity index (χ1n) is 7.73. The zero-order valence-corrected chi connectivity index (χ0v) is 14.2. The molecule has 1 aliphatic rings. The number of nitrogens with one attached hydrogen (secondary N) is 1. The predicted molar refractivity (Wildman–Crippen MR) is 91.6 cm³/mol. The first-order valence-corrected chi connectivity index (χ1v) is 9.62. The summed E-state index contributed by atoms with van der Waals surface area (Å²) in [4.78, 5) is 12.5. The molecule has 0 aliphatic carbocycles. The third-order valence-corrected chi connectivity index (χ3v) is 5.16. The van der Waals surface area contributed by atoms with Gasteiger partial charge in [0.1, 0.15) is 0 Å². The number of hydrogen-bond donors (Lipinski definition) is 1. The summed E-state index contributed by atoms with van der Waals surface area (Å²) in [5.74, 6) is -0.163. The monoisotopic (exact) mass is 345 g/mol. The minimum Gasteiger partial charge on any atom is -0.373 e. The van der Waals surface area contributed by atoms with Gasteiger partial charge < -0.3 is 10.1 Å². The van der Waals surface area contributed by atoms with E-state index < -0.39 is 9.84 Å². The zero-order chi connectivity index (χ0) is 17.2. The van der Waals surface area contributed by atoms with Crippen molar-refractivity contribution in [2.24, 2.45) is 0 Å². The molecule has 1 aliphatic heterocycles. The van der Waals surface area contributed by atoms with Crippen LogP contribution in [-0.4, -0.2) is 27.2 Å². The van der Waals surface area contributed by atoms with E-state index in [0.29, 0.717) is 12.3 Å². The number of carbonyl (C=O) groups is 1. The first kappa shape index (κ1) is 16.7. The number of amides is 1. The summed E-state index contributed by atoms with van der Waals surface area (Å²) in [7, 11) is -3.24. The lowest BCUT2D eigenvalue weighted by Gasteiger charge is -2.25. The molecule has 2 aromatic carbocycles. The number of carbonyl (C=O) groups excluding carboxylic acids is 1. The molecule has 0 bridgehead atoms. The van der Waals surface area contributed by atoms with Crippen molar-refractivity contribution in [3.05, 3.63) is 59.7 Å². The lowest BCUT2D eigenvalue weighted by Crippen LogP contribution is -2.22. The quantitative estimate of drug-likeness (QED) is 0.925. The molecule has 6 heteroatoms. The Morgan fingerprint density at radius 3 is 2.58 bits per heavy atom. The van der Waals surface area contributed by atoms with Crippen molar-refractivity contribution < 1.29 is 17.9 Å². The second kappa shape index (κ2) is 6.75. The molecular formula is C18H19NO4S. The van der Waals surface area contributed by atoms with Crippen molar-refractivity contribution in [3.63, 3.8) is 0 Å². The maximum Gasteiger partial charge on any atom is 0.227 e. The highest BCUT2D eigenvalue weighted by atomic mass is 32.2. The molecule has 1 heterocycles. The molecule has 0 radical (unpaired) electrons. The normalized spacial score (nSPS) is 17.1. The van der Waals surface area contributed by atoms with E-state index in [2.05, 4.69) is 11.4 Å². The summed E-state index contributed by atoms with van der Waals surface area (Å²) in [6.45, 7) is 0.609. The van der Waals surface area contributed by atoms with Crippen LogP contribution >= 0.6 is 0 Å². The fourth-order valence-electron chi connectivity index (χ4n) is 2.81. The van der Waals surface area contributed by atoms with Crippen LogP contribution in [0.2, 0.25) is 0 Å². The second-order valence-corrected chi connectivity index (χ2v) is 7.87. The Labute approximate surface area is 141 Å². The van der Waals surface area contributed by atoms with Crippen LogP contribution in [0, 0.1) is 0 Å². The highest BCUT2D eigenvalue weighted by molar-refractivity contribution is 7.90. The molecule has 0 aromatic heterocycles.